The Labute approximate surface area is 322 Å². The minimum absolute atomic E-state index is 0.0832. The van der Waals surface area contributed by atoms with Gasteiger partial charge in [0.15, 0.2) is 0 Å². The van der Waals surface area contributed by atoms with Crippen molar-refractivity contribution in [1.29, 1.82) is 0 Å². The molecule has 1 fully saturated rings. The number of rotatable bonds is 30. The van der Waals surface area contributed by atoms with Crippen LogP contribution in [0.15, 0.2) is 0 Å². The van der Waals surface area contributed by atoms with E-state index in [9.17, 15) is 14.4 Å². The molecule has 0 spiro atoms. The van der Waals surface area contributed by atoms with Crippen LogP contribution in [-0.2, 0) is 54.2 Å². The first-order valence-corrected chi connectivity index (χ1v) is 26.3. The molecule has 0 unspecified atom stereocenters. The molecular formula is C30H63N3O12S3Si3. The average Bonchev–Trinajstić information content (AvgIpc) is 3.17. The number of nitrogens with zero attached hydrogens (tertiary/aromatic N) is 3. The van der Waals surface area contributed by atoms with Gasteiger partial charge in [0.25, 0.3) is 0 Å². The molecule has 0 bridgehead atoms. The van der Waals surface area contributed by atoms with Crippen LogP contribution in [-0.4, -0.2) is 177 Å². The summed E-state index contributed by atoms with van der Waals surface area (Å²) in [6.07, 6.45) is 3.46. The minimum Gasteiger partial charge on any atom is -0.377 e. The third-order valence-corrected chi connectivity index (χ3v) is 20.3. The summed E-state index contributed by atoms with van der Waals surface area (Å²) >= 11 is 5.03. The van der Waals surface area contributed by atoms with Crippen LogP contribution in [0.3, 0.4) is 0 Å². The number of hydrogen-bond acceptors (Lipinski definition) is 15. The van der Waals surface area contributed by atoms with Crippen LogP contribution in [0.25, 0.3) is 0 Å². The van der Waals surface area contributed by atoms with E-state index in [4.69, 9.17) is 39.8 Å². The summed E-state index contributed by atoms with van der Waals surface area (Å²) in [5.74, 6) is 4.14. The Morgan fingerprint density at radius 1 is 0.412 bits per heavy atom. The molecule has 1 rings (SSSR count). The zero-order valence-electron chi connectivity index (χ0n) is 32.2. The fourth-order valence-electron chi connectivity index (χ4n) is 5.33. The van der Waals surface area contributed by atoms with Gasteiger partial charge >= 0.3 is 26.4 Å². The summed E-state index contributed by atoms with van der Waals surface area (Å²) in [5.41, 5.74) is 0. The molecule has 0 aromatic rings. The SMILES string of the molecule is CO[Si](CCCSCCC(=O)N1CN(C(=O)CCSCCC[Si](OC)(OC)OC)CN(C(=O)CCSCCC[Si](OC)(OC)OC)C1)(OC)OC. The number of amides is 3. The minimum atomic E-state index is -2.62. The maximum atomic E-state index is 13.4. The first kappa shape index (κ1) is 48.8. The van der Waals surface area contributed by atoms with Gasteiger partial charge in [0.1, 0.15) is 0 Å². The van der Waals surface area contributed by atoms with E-state index >= 15 is 0 Å². The van der Waals surface area contributed by atoms with Gasteiger partial charge in [-0.3, -0.25) is 14.4 Å². The second kappa shape index (κ2) is 27.4. The second-order valence-corrected chi connectivity index (χ2v) is 24.5. The Balaban J connectivity index is 2.71. The molecule has 1 saturated heterocycles. The van der Waals surface area contributed by atoms with E-state index in [1.807, 2.05) is 0 Å². The van der Waals surface area contributed by atoms with Gasteiger partial charge in [0.05, 0.1) is 20.0 Å². The number of thioether (sulfide) groups is 3. The summed E-state index contributed by atoms with van der Waals surface area (Å²) in [6.45, 7) is 0.509. The Kier molecular flexibility index (Phi) is 26.2. The van der Waals surface area contributed by atoms with E-state index in [-0.39, 0.29) is 37.7 Å². The molecule has 3 amide bonds. The van der Waals surface area contributed by atoms with Crippen LogP contribution in [0.4, 0.5) is 0 Å². The molecule has 0 N–H and O–H groups in total. The lowest BCUT2D eigenvalue weighted by molar-refractivity contribution is -0.158. The van der Waals surface area contributed by atoms with Gasteiger partial charge in [-0.2, -0.15) is 35.3 Å². The van der Waals surface area contributed by atoms with E-state index in [2.05, 4.69) is 0 Å². The second-order valence-electron chi connectivity index (χ2n) is 11.5. The molecule has 1 heterocycles. The number of carbonyl (C=O) groups excluding carboxylic acids is 3. The van der Waals surface area contributed by atoms with E-state index in [0.717, 1.165) is 36.5 Å². The number of hydrogen-bond donors (Lipinski definition) is 0. The van der Waals surface area contributed by atoms with Crippen LogP contribution in [0, 0.1) is 0 Å². The van der Waals surface area contributed by atoms with Crippen molar-refractivity contribution in [2.75, 3.05) is 119 Å². The van der Waals surface area contributed by atoms with E-state index in [1.165, 1.54) is 0 Å². The maximum Gasteiger partial charge on any atom is 0.500 e. The first-order valence-electron chi connectivity index (χ1n) is 17.0. The topological polar surface area (TPSA) is 144 Å². The van der Waals surface area contributed by atoms with Crippen LogP contribution >= 0.6 is 35.3 Å². The number of carbonyl (C=O) groups is 3. The summed E-state index contributed by atoms with van der Waals surface area (Å²) < 4.78 is 49.4. The predicted molar refractivity (Wildman–Crippen MR) is 210 cm³/mol. The highest BCUT2D eigenvalue weighted by molar-refractivity contribution is 7.99. The predicted octanol–water partition coefficient (Wildman–Crippen LogP) is 3.53. The van der Waals surface area contributed by atoms with Crippen molar-refractivity contribution in [3.63, 3.8) is 0 Å². The molecule has 0 atom stereocenters. The van der Waals surface area contributed by atoms with Gasteiger partial charge in [0.2, 0.25) is 17.7 Å². The van der Waals surface area contributed by atoms with Crippen molar-refractivity contribution >= 4 is 79.4 Å². The smallest absolute Gasteiger partial charge is 0.377 e. The van der Waals surface area contributed by atoms with Crippen LogP contribution in [0.1, 0.15) is 38.5 Å². The Morgan fingerprint density at radius 2 is 0.627 bits per heavy atom. The van der Waals surface area contributed by atoms with Crippen molar-refractivity contribution < 1.29 is 54.2 Å². The highest BCUT2D eigenvalue weighted by atomic mass is 32.2. The Hall–Kier alpha value is -0.249. The quantitative estimate of drug-likeness (QED) is 0.0769. The van der Waals surface area contributed by atoms with Gasteiger partial charge in [-0.05, 0) is 36.5 Å². The van der Waals surface area contributed by atoms with Crippen molar-refractivity contribution in [3.05, 3.63) is 0 Å². The lowest BCUT2D eigenvalue weighted by Crippen LogP contribution is -2.59. The summed E-state index contributed by atoms with van der Waals surface area (Å²) in [6, 6.07) is 2.08. The molecule has 21 heteroatoms. The normalized spacial score (nSPS) is 14.4. The van der Waals surface area contributed by atoms with Crippen LogP contribution in [0.2, 0.25) is 18.1 Å². The molecule has 0 aromatic heterocycles. The van der Waals surface area contributed by atoms with E-state index in [1.54, 1.807) is 114 Å². The molecular weight excluding hydrogens is 775 g/mol. The molecule has 1 aliphatic heterocycles. The zero-order chi connectivity index (χ0) is 38.2. The highest BCUT2D eigenvalue weighted by Crippen LogP contribution is 2.21. The molecule has 0 radical (unpaired) electrons. The van der Waals surface area contributed by atoms with Crippen LogP contribution in [0.5, 0.6) is 0 Å². The molecule has 1 aliphatic rings. The first-order chi connectivity index (χ1) is 24.5. The van der Waals surface area contributed by atoms with Crippen molar-refractivity contribution in [2.45, 2.75) is 56.7 Å². The Morgan fingerprint density at radius 3 is 0.824 bits per heavy atom. The van der Waals surface area contributed by atoms with Gasteiger partial charge in [0, 0.05) is 119 Å². The fourth-order valence-corrected chi connectivity index (χ4v) is 13.9. The monoisotopic (exact) mass is 837 g/mol. The molecule has 0 aromatic carbocycles. The average molecular weight is 838 g/mol. The lowest BCUT2D eigenvalue weighted by Gasteiger charge is -2.42. The molecule has 300 valence electrons. The van der Waals surface area contributed by atoms with Gasteiger partial charge in [-0.25, -0.2) is 0 Å². The van der Waals surface area contributed by atoms with Gasteiger partial charge in [-0.1, -0.05) is 0 Å². The third kappa shape index (κ3) is 17.4. The van der Waals surface area contributed by atoms with Crippen molar-refractivity contribution in [3.8, 4) is 0 Å². The summed E-state index contributed by atoms with van der Waals surface area (Å²) in [4.78, 5) is 44.9. The maximum absolute atomic E-state index is 13.4. The zero-order valence-corrected chi connectivity index (χ0v) is 37.6. The van der Waals surface area contributed by atoms with Crippen molar-refractivity contribution in [2.24, 2.45) is 0 Å². The Bertz CT molecular complexity index is 839. The lowest BCUT2D eigenvalue weighted by atomic mass is 10.3. The molecule has 0 saturated carbocycles. The molecule has 51 heavy (non-hydrogen) atoms. The fraction of sp³-hybridized carbons (Fsp3) is 0.900. The third-order valence-electron chi connectivity index (χ3n) is 8.58. The van der Waals surface area contributed by atoms with E-state index < -0.39 is 26.4 Å². The standard InChI is InChI=1S/C30H63N3O12S3Si3/c1-37-49(38-2,39-3)22-10-16-46-19-13-28(34)31-25-32(29(35)14-20-47-17-11-23-50(40-4,41-5)42-6)27-33(26-31)30(36)15-21-48-18-12-24-51(43-7,44-8)45-9/h10-27H2,1-9H3. The van der Waals surface area contributed by atoms with Crippen LogP contribution < -0.4 is 0 Å². The van der Waals surface area contributed by atoms with E-state index in [0.29, 0.717) is 54.7 Å². The summed E-state index contributed by atoms with van der Waals surface area (Å²) in [5, 5.41) is 0. The highest BCUT2D eigenvalue weighted by Gasteiger charge is 2.38. The molecule has 0 aliphatic carbocycles. The largest absolute Gasteiger partial charge is 0.500 e. The van der Waals surface area contributed by atoms with Gasteiger partial charge < -0.3 is 54.5 Å². The van der Waals surface area contributed by atoms with Crippen molar-refractivity contribution in [1.82, 2.24) is 14.7 Å². The summed E-state index contributed by atoms with van der Waals surface area (Å²) in [7, 11) is 6.56. The molecule has 15 nitrogen and oxygen atoms in total. The van der Waals surface area contributed by atoms with Gasteiger partial charge in [-0.15, -0.1) is 0 Å².